The highest BCUT2D eigenvalue weighted by Gasteiger charge is 2.21. The van der Waals surface area contributed by atoms with Crippen molar-refractivity contribution in [1.29, 1.82) is 0 Å². The minimum absolute atomic E-state index is 0.283. The summed E-state index contributed by atoms with van der Waals surface area (Å²) in [6, 6.07) is 0. The Morgan fingerprint density at radius 3 is 2.94 bits per heavy atom. The molecule has 0 spiro atoms. The van der Waals surface area contributed by atoms with E-state index < -0.39 is 0 Å². The third kappa shape index (κ3) is 3.90. The van der Waals surface area contributed by atoms with Gasteiger partial charge in [0.05, 0.1) is 0 Å². The fourth-order valence-corrected chi connectivity index (χ4v) is 1.61. The van der Waals surface area contributed by atoms with E-state index in [4.69, 9.17) is 10.5 Å². The molecule has 92 valence electrons. The smallest absolute Gasteiger partial charge is 0.138 e. The van der Waals surface area contributed by atoms with Gasteiger partial charge in [0, 0.05) is 32.2 Å². The quantitative estimate of drug-likeness (QED) is 0.752. The normalized spacial score (nSPS) is 15.0. The van der Waals surface area contributed by atoms with Crippen molar-refractivity contribution in [2.75, 3.05) is 13.7 Å². The van der Waals surface area contributed by atoms with E-state index in [-0.39, 0.29) is 5.54 Å². The monoisotopic (exact) mass is 226 g/mol. The Hall–Kier alpha value is -0.940. The van der Waals surface area contributed by atoms with Crippen LogP contribution in [0.15, 0.2) is 6.33 Å². The first-order chi connectivity index (χ1) is 7.59. The number of aryl methyl sites for hydroxylation is 1. The first-order valence-electron chi connectivity index (χ1n) is 5.73. The largest absolute Gasteiger partial charge is 0.385 e. The summed E-state index contributed by atoms with van der Waals surface area (Å²) in [6.45, 7) is 5.72. The van der Waals surface area contributed by atoms with Crippen LogP contribution in [0.2, 0.25) is 0 Å². The van der Waals surface area contributed by atoms with Crippen molar-refractivity contribution in [3.05, 3.63) is 12.2 Å². The van der Waals surface area contributed by atoms with Gasteiger partial charge < -0.3 is 10.5 Å². The molecule has 0 bridgehead atoms. The van der Waals surface area contributed by atoms with Gasteiger partial charge in [0.15, 0.2) is 0 Å². The Morgan fingerprint density at radius 2 is 2.31 bits per heavy atom. The molecule has 1 rings (SSSR count). The molecular formula is C11H22N4O. The van der Waals surface area contributed by atoms with E-state index in [1.54, 1.807) is 13.4 Å². The molecule has 1 aromatic rings. The van der Waals surface area contributed by atoms with Gasteiger partial charge >= 0.3 is 0 Å². The van der Waals surface area contributed by atoms with Crippen LogP contribution in [0.1, 0.15) is 32.5 Å². The Bertz CT molecular complexity index is 309. The van der Waals surface area contributed by atoms with Crippen molar-refractivity contribution >= 4 is 0 Å². The summed E-state index contributed by atoms with van der Waals surface area (Å²) < 4.78 is 6.98. The molecule has 2 N–H and O–H groups in total. The lowest BCUT2D eigenvalue weighted by Crippen LogP contribution is -2.40. The predicted molar refractivity (Wildman–Crippen MR) is 63.1 cm³/mol. The van der Waals surface area contributed by atoms with Gasteiger partial charge in [0.2, 0.25) is 0 Å². The molecule has 5 nitrogen and oxygen atoms in total. The first-order valence-corrected chi connectivity index (χ1v) is 5.73. The molecule has 5 heteroatoms. The van der Waals surface area contributed by atoms with Gasteiger partial charge in [-0.25, -0.2) is 4.98 Å². The Labute approximate surface area is 97.0 Å². The van der Waals surface area contributed by atoms with Gasteiger partial charge in [-0.3, -0.25) is 4.68 Å². The number of rotatable bonds is 7. The van der Waals surface area contributed by atoms with Crippen molar-refractivity contribution in [3.8, 4) is 0 Å². The van der Waals surface area contributed by atoms with Crippen LogP contribution in [0.3, 0.4) is 0 Å². The van der Waals surface area contributed by atoms with Crippen LogP contribution in [0.4, 0.5) is 0 Å². The zero-order chi connectivity index (χ0) is 12.0. The van der Waals surface area contributed by atoms with E-state index in [1.807, 2.05) is 11.6 Å². The summed E-state index contributed by atoms with van der Waals surface area (Å²) in [5.41, 5.74) is 5.91. The van der Waals surface area contributed by atoms with Crippen molar-refractivity contribution < 1.29 is 4.74 Å². The zero-order valence-corrected chi connectivity index (χ0v) is 10.4. The molecular weight excluding hydrogens is 204 g/mol. The molecule has 1 aromatic heterocycles. The van der Waals surface area contributed by atoms with Crippen LogP contribution < -0.4 is 5.73 Å². The maximum atomic E-state index is 6.20. The summed E-state index contributed by atoms with van der Waals surface area (Å²) in [6.07, 6.45) is 4.20. The van der Waals surface area contributed by atoms with E-state index in [9.17, 15) is 0 Å². The molecule has 16 heavy (non-hydrogen) atoms. The second kappa shape index (κ2) is 5.96. The van der Waals surface area contributed by atoms with Crippen LogP contribution in [0, 0.1) is 0 Å². The number of nitrogens with zero attached hydrogens (tertiary/aromatic N) is 3. The highest BCUT2D eigenvalue weighted by molar-refractivity contribution is 4.95. The standard InChI is InChI=1S/C11H22N4O/c1-4-6-15-10(13-9-14-15)8-11(2,12)5-7-16-3/h9H,4-8,12H2,1-3H3. The number of hydrogen-bond acceptors (Lipinski definition) is 4. The summed E-state index contributed by atoms with van der Waals surface area (Å²) in [7, 11) is 1.69. The maximum Gasteiger partial charge on any atom is 0.138 e. The van der Waals surface area contributed by atoms with Gasteiger partial charge in [-0.05, 0) is 19.8 Å². The molecule has 0 aliphatic carbocycles. The van der Waals surface area contributed by atoms with Gasteiger partial charge in [-0.1, -0.05) is 6.92 Å². The third-order valence-electron chi connectivity index (χ3n) is 2.57. The molecule has 1 heterocycles. The number of methoxy groups -OCH3 is 1. The lowest BCUT2D eigenvalue weighted by Gasteiger charge is -2.23. The van der Waals surface area contributed by atoms with Crippen molar-refractivity contribution in [2.45, 2.75) is 45.2 Å². The van der Waals surface area contributed by atoms with Crippen LogP contribution in [0.5, 0.6) is 0 Å². The van der Waals surface area contributed by atoms with E-state index in [1.165, 1.54) is 0 Å². The Balaban J connectivity index is 2.60. The molecule has 1 unspecified atom stereocenters. The van der Waals surface area contributed by atoms with Crippen LogP contribution in [0.25, 0.3) is 0 Å². The minimum atomic E-state index is -0.283. The fourth-order valence-electron chi connectivity index (χ4n) is 1.61. The molecule has 0 saturated carbocycles. The summed E-state index contributed by atoms with van der Waals surface area (Å²) in [4.78, 5) is 4.26. The van der Waals surface area contributed by atoms with Crippen molar-refractivity contribution in [1.82, 2.24) is 14.8 Å². The average molecular weight is 226 g/mol. The molecule has 0 aliphatic rings. The van der Waals surface area contributed by atoms with Crippen molar-refractivity contribution in [2.24, 2.45) is 5.73 Å². The van der Waals surface area contributed by atoms with E-state index in [0.29, 0.717) is 6.61 Å². The molecule has 0 aromatic carbocycles. The second-order valence-electron chi connectivity index (χ2n) is 4.47. The number of ether oxygens (including phenoxy) is 1. The van der Waals surface area contributed by atoms with Gasteiger partial charge in [0.1, 0.15) is 12.2 Å². The van der Waals surface area contributed by atoms with Gasteiger partial charge in [-0.2, -0.15) is 5.10 Å². The lowest BCUT2D eigenvalue weighted by molar-refractivity contribution is 0.170. The highest BCUT2D eigenvalue weighted by atomic mass is 16.5. The lowest BCUT2D eigenvalue weighted by atomic mass is 9.95. The molecule has 0 radical (unpaired) electrons. The average Bonchev–Trinajstić information content (AvgIpc) is 2.63. The van der Waals surface area contributed by atoms with Crippen molar-refractivity contribution in [3.63, 3.8) is 0 Å². The Morgan fingerprint density at radius 1 is 1.56 bits per heavy atom. The number of hydrogen-bond donors (Lipinski definition) is 1. The topological polar surface area (TPSA) is 66.0 Å². The van der Waals surface area contributed by atoms with E-state index in [0.717, 1.165) is 31.6 Å². The molecule has 0 amide bonds. The van der Waals surface area contributed by atoms with Gasteiger partial charge in [0.25, 0.3) is 0 Å². The van der Waals surface area contributed by atoms with Gasteiger partial charge in [-0.15, -0.1) is 0 Å². The zero-order valence-electron chi connectivity index (χ0n) is 10.4. The summed E-state index contributed by atoms with van der Waals surface area (Å²) in [5.74, 6) is 0.961. The second-order valence-corrected chi connectivity index (χ2v) is 4.47. The van der Waals surface area contributed by atoms with Crippen LogP contribution >= 0.6 is 0 Å². The Kier molecular flexibility index (Phi) is 4.89. The fraction of sp³-hybridized carbons (Fsp3) is 0.818. The van der Waals surface area contributed by atoms with E-state index in [2.05, 4.69) is 17.0 Å². The predicted octanol–water partition coefficient (Wildman–Crippen LogP) is 0.984. The number of nitrogens with two attached hydrogens (primary N) is 1. The SMILES string of the molecule is CCCn1ncnc1CC(C)(N)CCOC. The third-order valence-corrected chi connectivity index (χ3v) is 2.57. The molecule has 1 atom stereocenters. The molecule has 0 aliphatic heterocycles. The van der Waals surface area contributed by atoms with E-state index >= 15 is 0 Å². The summed E-state index contributed by atoms with van der Waals surface area (Å²) >= 11 is 0. The maximum absolute atomic E-state index is 6.20. The highest BCUT2D eigenvalue weighted by Crippen LogP contribution is 2.12. The number of aromatic nitrogens is 3. The molecule has 0 fully saturated rings. The van der Waals surface area contributed by atoms with Crippen LogP contribution in [-0.4, -0.2) is 34.0 Å². The first kappa shape index (κ1) is 13.1. The summed E-state index contributed by atoms with van der Waals surface area (Å²) in [5, 5.41) is 4.19. The molecule has 0 saturated heterocycles. The van der Waals surface area contributed by atoms with Crippen LogP contribution in [-0.2, 0) is 17.7 Å². The minimum Gasteiger partial charge on any atom is -0.385 e.